The number of nitriles is 1. The summed E-state index contributed by atoms with van der Waals surface area (Å²) in [6, 6.07) is 12.9. The van der Waals surface area contributed by atoms with Crippen molar-refractivity contribution in [1.29, 1.82) is 5.26 Å². The molecule has 0 spiro atoms. The molecule has 0 unspecified atom stereocenters. The summed E-state index contributed by atoms with van der Waals surface area (Å²) >= 11 is 8.56. The van der Waals surface area contributed by atoms with Crippen molar-refractivity contribution in [3.63, 3.8) is 0 Å². The van der Waals surface area contributed by atoms with Crippen molar-refractivity contribution in [2.45, 2.75) is 12.3 Å². The van der Waals surface area contributed by atoms with Gasteiger partial charge in [-0.3, -0.25) is 9.59 Å². The van der Waals surface area contributed by atoms with Crippen molar-refractivity contribution >= 4 is 52.2 Å². The number of nitrogens with zero attached hydrogens (tertiary/aromatic N) is 1. The van der Waals surface area contributed by atoms with Gasteiger partial charge < -0.3 is 10.6 Å². The van der Waals surface area contributed by atoms with Gasteiger partial charge in [0.05, 0.1) is 22.4 Å². The fraction of sp³-hybridized carbons (Fsp3) is 0.167. The lowest BCUT2D eigenvalue weighted by molar-refractivity contribution is -0.121. The molecule has 26 heavy (non-hydrogen) atoms. The van der Waals surface area contributed by atoms with Crippen LogP contribution in [0.1, 0.15) is 17.2 Å². The zero-order chi connectivity index (χ0) is 18.5. The summed E-state index contributed by atoms with van der Waals surface area (Å²) in [5, 5.41) is 17.9. The molecule has 5 nitrogen and oxygen atoms in total. The minimum absolute atomic E-state index is 0.0739. The van der Waals surface area contributed by atoms with E-state index >= 15 is 0 Å². The van der Waals surface area contributed by atoms with Gasteiger partial charge in [-0.05, 0) is 29.6 Å². The third-order valence-electron chi connectivity index (χ3n) is 3.70. The normalized spacial score (nSPS) is 16.8. The predicted octanol–water partition coefficient (Wildman–Crippen LogP) is 4.11. The van der Waals surface area contributed by atoms with Gasteiger partial charge in [-0.15, -0.1) is 11.3 Å². The lowest BCUT2D eigenvalue weighted by atomic mass is 9.93. The number of allylic oxidation sites excluding steroid dienone is 1. The summed E-state index contributed by atoms with van der Waals surface area (Å²) < 4.78 is 0. The number of nitrogens with one attached hydrogen (secondary N) is 2. The molecule has 2 heterocycles. The summed E-state index contributed by atoms with van der Waals surface area (Å²) in [6.45, 7) is 0. The average molecular weight is 404 g/mol. The molecule has 1 aromatic heterocycles. The third-order valence-corrected chi connectivity index (χ3v) is 5.94. The van der Waals surface area contributed by atoms with Gasteiger partial charge in [0.1, 0.15) is 0 Å². The van der Waals surface area contributed by atoms with Crippen molar-refractivity contribution in [2.75, 3.05) is 11.1 Å². The number of anilines is 1. The van der Waals surface area contributed by atoms with E-state index in [-0.39, 0.29) is 29.9 Å². The number of halogens is 1. The van der Waals surface area contributed by atoms with E-state index in [1.807, 2.05) is 17.5 Å². The summed E-state index contributed by atoms with van der Waals surface area (Å²) in [4.78, 5) is 25.2. The number of thioether (sulfide) groups is 1. The molecule has 1 aliphatic heterocycles. The minimum atomic E-state index is -0.257. The Kier molecular flexibility index (Phi) is 5.99. The maximum absolute atomic E-state index is 12.2. The smallest absolute Gasteiger partial charge is 0.234 e. The topological polar surface area (TPSA) is 82.0 Å². The van der Waals surface area contributed by atoms with Crippen LogP contribution >= 0.6 is 34.7 Å². The lowest BCUT2D eigenvalue weighted by Crippen LogP contribution is -2.31. The number of carbonyl (C=O) groups excluding carboxylic acids is 2. The molecule has 0 bridgehead atoms. The van der Waals surface area contributed by atoms with E-state index in [0.717, 1.165) is 16.6 Å². The minimum Gasteiger partial charge on any atom is -0.325 e. The fourth-order valence-electron chi connectivity index (χ4n) is 2.57. The molecular weight excluding hydrogens is 390 g/mol. The van der Waals surface area contributed by atoms with Crippen LogP contribution in [0, 0.1) is 11.3 Å². The molecule has 0 fully saturated rings. The summed E-state index contributed by atoms with van der Waals surface area (Å²) in [7, 11) is 0. The predicted molar refractivity (Wildman–Crippen MR) is 105 cm³/mol. The maximum Gasteiger partial charge on any atom is 0.234 e. The second-order valence-electron chi connectivity index (χ2n) is 5.52. The molecule has 1 aromatic carbocycles. The van der Waals surface area contributed by atoms with Gasteiger partial charge in [-0.2, -0.15) is 5.26 Å². The number of thiophene rings is 1. The molecule has 132 valence electrons. The van der Waals surface area contributed by atoms with Crippen molar-refractivity contribution in [1.82, 2.24) is 5.32 Å². The zero-order valence-electron chi connectivity index (χ0n) is 13.5. The summed E-state index contributed by atoms with van der Waals surface area (Å²) in [5.41, 5.74) is 1.09. The number of carbonyl (C=O) groups is 2. The number of amides is 2. The average Bonchev–Trinajstić information content (AvgIpc) is 3.14. The van der Waals surface area contributed by atoms with Crippen molar-refractivity contribution < 1.29 is 9.59 Å². The van der Waals surface area contributed by atoms with Crippen LogP contribution in [-0.2, 0) is 9.59 Å². The largest absolute Gasteiger partial charge is 0.325 e. The SMILES string of the molecule is N#CC1=C(SCC(=O)Nc2cccc(Cl)c2)NC(=O)C[C@H]1c1cccs1. The van der Waals surface area contributed by atoms with Crippen LogP contribution in [0.2, 0.25) is 5.02 Å². The Labute approximate surface area is 164 Å². The molecule has 8 heteroatoms. The van der Waals surface area contributed by atoms with Crippen LogP contribution in [-0.4, -0.2) is 17.6 Å². The van der Waals surface area contributed by atoms with Crippen LogP contribution < -0.4 is 10.6 Å². The highest BCUT2D eigenvalue weighted by molar-refractivity contribution is 8.03. The highest BCUT2D eigenvalue weighted by Crippen LogP contribution is 2.37. The van der Waals surface area contributed by atoms with Crippen LogP contribution in [0.4, 0.5) is 5.69 Å². The van der Waals surface area contributed by atoms with Crippen LogP contribution in [0.25, 0.3) is 0 Å². The van der Waals surface area contributed by atoms with Gasteiger partial charge in [0, 0.05) is 27.9 Å². The van der Waals surface area contributed by atoms with E-state index in [1.54, 1.807) is 24.3 Å². The first-order chi connectivity index (χ1) is 12.6. The first kappa shape index (κ1) is 18.5. The third kappa shape index (κ3) is 4.47. The number of rotatable bonds is 5. The Morgan fingerprint density at radius 1 is 1.42 bits per heavy atom. The van der Waals surface area contributed by atoms with Crippen LogP contribution in [0.5, 0.6) is 0 Å². The Morgan fingerprint density at radius 3 is 2.96 bits per heavy atom. The highest BCUT2D eigenvalue weighted by Gasteiger charge is 2.30. The fourth-order valence-corrected chi connectivity index (χ4v) is 4.47. The van der Waals surface area contributed by atoms with Crippen LogP contribution in [0.15, 0.2) is 52.4 Å². The van der Waals surface area contributed by atoms with Gasteiger partial charge in [-0.1, -0.05) is 35.5 Å². The Hall–Kier alpha value is -2.27. The number of hydrogen-bond donors (Lipinski definition) is 2. The molecule has 2 aromatic rings. The van der Waals surface area contributed by atoms with E-state index in [9.17, 15) is 14.9 Å². The maximum atomic E-state index is 12.2. The van der Waals surface area contributed by atoms with Gasteiger partial charge in [0.15, 0.2) is 0 Å². The first-order valence-electron chi connectivity index (χ1n) is 7.72. The standard InChI is InChI=1S/C18H14ClN3O2S2/c19-11-3-1-4-12(7-11)21-17(24)10-26-18-14(9-20)13(8-16(23)22-18)15-5-2-6-25-15/h1-7,13H,8,10H2,(H,21,24)(H,22,23)/t13-/m1/s1. The Bertz CT molecular complexity index is 903. The van der Waals surface area contributed by atoms with E-state index in [0.29, 0.717) is 21.3 Å². The molecule has 0 saturated heterocycles. The van der Waals surface area contributed by atoms with Crippen molar-refractivity contribution in [3.05, 3.63) is 62.3 Å². The van der Waals surface area contributed by atoms with Crippen LogP contribution in [0.3, 0.4) is 0 Å². The van der Waals surface area contributed by atoms with E-state index in [2.05, 4.69) is 16.7 Å². The molecule has 3 rings (SSSR count). The van der Waals surface area contributed by atoms with Crippen molar-refractivity contribution in [3.8, 4) is 6.07 Å². The zero-order valence-corrected chi connectivity index (χ0v) is 15.9. The highest BCUT2D eigenvalue weighted by atomic mass is 35.5. The second kappa shape index (κ2) is 8.41. The molecule has 2 amide bonds. The Morgan fingerprint density at radius 2 is 2.27 bits per heavy atom. The Balaban J connectivity index is 1.71. The first-order valence-corrected chi connectivity index (χ1v) is 9.97. The van der Waals surface area contributed by atoms with E-state index in [1.165, 1.54) is 11.3 Å². The molecule has 0 aliphatic carbocycles. The van der Waals surface area contributed by atoms with Gasteiger partial charge in [-0.25, -0.2) is 0 Å². The molecular formula is C18H14ClN3O2S2. The van der Waals surface area contributed by atoms with Gasteiger partial charge >= 0.3 is 0 Å². The van der Waals surface area contributed by atoms with E-state index in [4.69, 9.17) is 11.6 Å². The molecule has 0 radical (unpaired) electrons. The number of benzene rings is 1. The van der Waals surface area contributed by atoms with Crippen molar-refractivity contribution in [2.24, 2.45) is 0 Å². The summed E-state index contributed by atoms with van der Waals surface area (Å²) in [6.07, 6.45) is 0.238. The monoisotopic (exact) mass is 403 g/mol. The van der Waals surface area contributed by atoms with Gasteiger partial charge in [0.2, 0.25) is 11.8 Å². The quantitative estimate of drug-likeness (QED) is 0.786. The van der Waals surface area contributed by atoms with Gasteiger partial charge in [0.25, 0.3) is 0 Å². The molecule has 1 aliphatic rings. The lowest BCUT2D eigenvalue weighted by Gasteiger charge is -2.23. The molecule has 2 N–H and O–H groups in total. The second-order valence-corrected chi connectivity index (χ2v) is 7.92. The summed E-state index contributed by atoms with van der Waals surface area (Å²) in [5.74, 6) is -0.577. The molecule has 1 atom stereocenters. The van der Waals surface area contributed by atoms with E-state index < -0.39 is 0 Å². The number of hydrogen-bond acceptors (Lipinski definition) is 5. The molecule has 0 saturated carbocycles.